The van der Waals surface area contributed by atoms with E-state index in [-0.39, 0.29) is 5.28 Å². The quantitative estimate of drug-likeness (QED) is 0.776. The smallest absolute Gasteiger partial charge is 0.226 e. The molecule has 0 radical (unpaired) electrons. The minimum atomic E-state index is 0.211. The van der Waals surface area contributed by atoms with E-state index in [4.69, 9.17) is 11.6 Å². The van der Waals surface area contributed by atoms with E-state index < -0.39 is 0 Å². The molecule has 2 aromatic heterocycles. The number of hydrazine groups is 1. The van der Waals surface area contributed by atoms with Crippen LogP contribution in [0.3, 0.4) is 0 Å². The van der Waals surface area contributed by atoms with E-state index >= 15 is 0 Å². The second-order valence-corrected chi connectivity index (χ2v) is 4.71. The zero-order valence-electron chi connectivity index (χ0n) is 10.0. The van der Waals surface area contributed by atoms with Crippen LogP contribution < -0.4 is 5.43 Å². The largest absolute Gasteiger partial charge is 0.304 e. The van der Waals surface area contributed by atoms with Crippen LogP contribution in [0, 0.1) is 0 Å². The van der Waals surface area contributed by atoms with Gasteiger partial charge in [-0.1, -0.05) is 0 Å². The van der Waals surface area contributed by atoms with Gasteiger partial charge in [0.2, 0.25) is 5.28 Å². The number of nitrogens with one attached hydrogen (secondary N) is 2. The molecule has 1 fully saturated rings. The van der Waals surface area contributed by atoms with Crippen LogP contribution in [0.4, 0.5) is 5.82 Å². The first kappa shape index (κ1) is 11.6. The van der Waals surface area contributed by atoms with Crippen molar-refractivity contribution in [3.8, 4) is 0 Å². The van der Waals surface area contributed by atoms with Crippen molar-refractivity contribution in [1.29, 1.82) is 0 Å². The lowest BCUT2D eigenvalue weighted by molar-refractivity contribution is 0.178. The topological polar surface area (TPSA) is 73.0 Å². The van der Waals surface area contributed by atoms with E-state index in [1.54, 1.807) is 6.20 Å². The number of aromatic nitrogens is 4. The van der Waals surface area contributed by atoms with E-state index in [0.29, 0.717) is 11.5 Å². The molecular formula is C10H14ClN7. The highest BCUT2D eigenvalue weighted by atomic mass is 35.5. The molecule has 0 amide bonds. The van der Waals surface area contributed by atoms with Gasteiger partial charge in [0.25, 0.3) is 0 Å². The van der Waals surface area contributed by atoms with Crippen molar-refractivity contribution in [1.82, 2.24) is 30.1 Å². The highest BCUT2D eigenvalue weighted by Crippen LogP contribution is 2.20. The molecule has 0 aliphatic carbocycles. The molecule has 1 aliphatic heterocycles. The molecule has 8 heteroatoms. The summed E-state index contributed by atoms with van der Waals surface area (Å²) in [4.78, 5) is 10.6. The average molecular weight is 268 g/mol. The second-order valence-electron chi connectivity index (χ2n) is 4.38. The zero-order valence-corrected chi connectivity index (χ0v) is 10.8. The lowest BCUT2D eigenvalue weighted by Crippen LogP contribution is -2.47. The zero-order chi connectivity index (χ0) is 12.5. The Hall–Kier alpha value is -1.44. The van der Waals surface area contributed by atoms with Crippen LogP contribution in [-0.4, -0.2) is 63.3 Å². The molecule has 1 saturated heterocycles. The molecule has 0 saturated carbocycles. The molecule has 0 unspecified atom stereocenters. The summed E-state index contributed by atoms with van der Waals surface area (Å²) < 4.78 is 0. The number of H-pyrrole nitrogens is 1. The number of hydrogen-bond donors (Lipinski definition) is 2. The van der Waals surface area contributed by atoms with Gasteiger partial charge in [0.1, 0.15) is 0 Å². The summed E-state index contributed by atoms with van der Waals surface area (Å²) in [6.07, 6.45) is 1.70. The summed E-state index contributed by atoms with van der Waals surface area (Å²) in [6, 6.07) is 0. The molecular weight excluding hydrogens is 254 g/mol. The predicted octanol–water partition coefficient (Wildman–Crippen LogP) is 0.581. The number of hydrogen-bond acceptors (Lipinski definition) is 6. The molecule has 2 aromatic rings. The molecule has 7 nitrogen and oxygen atoms in total. The molecule has 2 N–H and O–H groups in total. The Kier molecular flexibility index (Phi) is 3.02. The molecule has 0 bridgehead atoms. The highest BCUT2D eigenvalue weighted by molar-refractivity contribution is 6.28. The molecule has 1 aliphatic rings. The van der Waals surface area contributed by atoms with Crippen molar-refractivity contribution in [2.24, 2.45) is 0 Å². The minimum absolute atomic E-state index is 0.211. The summed E-state index contributed by atoms with van der Waals surface area (Å²) in [7, 11) is 2.12. The van der Waals surface area contributed by atoms with Crippen molar-refractivity contribution in [3.63, 3.8) is 0 Å². The van der Waals surface area contributed by atoms with Crippen molar-refractivity contribution in [2.75, 3.05) is 38.7 Å². The average Bonchev–Trinajstić information content (AvgIpc) is 2.80. The lowest BCUT2D eigenvalue weighted by Gasteiger charge is -2.32. The van der Waals surface area contributed by atoms with Gasteiger partial charge in [-0.2, -0.15) is 15.1 Å². The summed E-state index contributed by atoms with van der Waals surface area (Å²) in [5, 5.41) is 9.94. The molecule has 3 heterocycles. The Labute approximate surface area is 109 Å². The molecule has 0 spiro atoms. The standard InChI is InChI=1S/C10H14ClN7/c1-17-2-4-18(5-3-17)16-9-7-6-12-15-8(7)13-10(11)14-9/h6H,2-5H2,1H3,(H2,12,13,14,15,16). The normalized spacial score (nSPS) is 18.3. The fourth-order valence-corrected chi connectivity index (χ4v) is 2.13. The number of anilines is 1. The van der Waals surface area contributed by atoms with Gasteiger partial charge < -0.3 is 10.3 Å². The van der Waals surface area contributed by atoms with Crippen LogP contribution in [0.25, 0.3) is 11.0 Å². The summed E-state index contributed by atoms with van der Waals surface area (Å²) in [5.74, 6) is 0.698. The van der Waals surface area contributed by atoms with Gasteiger partial charge in [-0.15, -0.1) is 0 Å². The molecule has 96 valence electrons. The van der Waals surface area contributed by atoms with Crippen molar-refractivity contribution in [3.05, 3.63) is 11.5 Å². The van der Waals surface area contributed by atoms with Gasteiger partial charge in [0, 0.05) is 26.2 Å². The third-order valence-electron chi connectivity index (χ3n) is 3.05. The van der Waals surface area contributed by atoms with Crippen LogP contribution in [-0.2, 0) is 0 Å². The number of fused-ring (bicyclic) bond motifs is 1. The minimum Gasteiger partial charge on any atom is -0.304 e. The fraction of sp³-hybridized carbons (Fsp3) is 0.500. The van der Waals surface area contributed by atoms with Crippen LogP contribution >= 0.6 is 11.6 Å². The number of piperazine rings is 1. The predicted molar refractivity (Wildman–Crippen MR) is 69.4 cm³/mol. The number of nitrogens with zero attached hydrogens (tertiary/aromatic N) is 5. The first-order valence-corrected chi connectivity index (χ1v) is 6.17. The fourth-order valence-electron chi connectivity index (χ4n) is 1.96. The van der Waals surface area contributed by atoms with Gasteiger partial charge in [-0.3, -0.25) is 5.10 Å². The SMILES string of the molecule is CN1CCN(Nc2nc(Cl)nc3[nH]ncc23)CC1. The van der Waals surface area contributed by atoms with Gasteiger partial charge in [-0.05, 0) is 18.6 Å². The summed E-state index contributed by atoms with van der Waals surface area (Å²) in [5.41, 5.74) is 3.93. The highest BCUT2D eigenvalue weighted by Gasteiger charge is 2.16. The summed E-state index contributed by atoms with van der Waals surface area (Å²) >= 11 is 5.88. The number of aromatic amines is 1. The van der Waals surface area contributed by atoms with Gasteiger partial charge >= 0.3 is 0 Å². The lowest BCUT2D eigenvalue weighted by atomic mass is 10.4. The van der Waals surface area contributed by atoms with E-state index in [1.165, 1.54) is 0 Å². The van der Waals surface area contributed by atoms with Gasteiger partial charge in [0.05, 0.1) is 11.6 Å². The molecule has 0 aromatic carbocycles. The number of likely N-dealkylation sites (N-methyl/N-ethyl adjacent to an activating group) is 1. The van der Waals surface area contributed by atoms with Gasteiger partial charge in [0.15, 0.2) is 11.5 Å². The van der Waals surface area contributed by atoms with E-state index in [2.05, 4.69) is 42.5 Å². The van der Waals surface area contributed by atoms with Gasteiger partial charge in [-0.25, -0.2) is 5.01 Å². The van der Waals surface area contributed by atoms with Crippen LogP contribution in [0.15, 0.2) is 6.20 Å². The second kappa shape index (κ2) is 4.68. The van der Waals surface area contributed by atoms with Crippen LogP contribution in [0.1, 0.15) is 0 Å². The number of halogens is 1. The van der Waals surface area contributed by atoms with E-state index in [9.17, 15) is 0 Å². The third-order valence-corrected chi connectivity index (χ3v) is 3.22. The Bertz CT molecular complexity index is 546. The third kappa shape index (κ3) is 2.24. The van der Waals surface area contributed by atoms with E-state index in [0.717, 1.165) is 31.6 Å². The summed E-state index contributed by atoms with van der Waals surface area (Å²) in [6.45, 7) is 3.94. The molecule has 18 heavy (non-hydrogen) atoms. The van der Waals surface area contributed by atoms with Crippen molar-refractivity contribution < 1.29 is 0 Å². The Balaban J connectivity index is 1.83. The first-order valence-electron chi connectivity index (χ1n) is 5.79. The van der Waals surface area contributed by atoms with Crippen LogP contribution in [0.5, 0.6) is 0 Å². The Morgan fingerprint density at radius 2 is 2.06 bits per heavy atom. The van der Waals surface area contributed by atoms with Crippen molar-refractivity contribution in [2.45, 2.75) is 0 Å². The van der Waals surface area contributed by atoms with Crippen LogP contribution in [0.2, 0.25) is 5.28 Å². The van der Waals surface area contributed by atoms with E-state index in [1.807, 2.05) is 0 Å². The first-order chi connectivity index (χ1) is 8.72. The monoisotopic (exact) mass is 267 g/mol. The maximum atomic E-state index is 5.88. The molecule has 0 atom stereocenters. The maximum absolute atomic E-state index is 5.88. The Morgan fingerprint density at radius 3 is 2.83 bits per heavy atom. The maximum Gasteiger partial charge on any atom is 0.226 e. The number of rotatable bonds is 2. The Morgan fingerprint density at radius 1 is 1.28 bits per heavy atom. The molecule has 3 rings (SSSR count). The van der Waals surface area contributed by atoms with Crippen molar-refractivity contribution >= 4 is 28.5 Å².